The van der Waals surface area contributed by atoms with E-state index in [1.807, 2.05) is 0 Å². The summed E-state index contributed by atoms with van der Waals surface area (Å²) in [7, 11) is 0. The van der Waals surface area contributed by atoms with Gasteiger partial charge < -0.3 is 14.2 Å². The second-order valence-electron chi connectivity index (χ2n) is 11.8. The van der Waals surface area contributed by atoms with Gasteiger partial charge in [0.25, 0.3) is 0 Å². The SMILES string of the molecule is CC(=O)O[C@@H]1CC[C@]2(C)[C@H](C1)C[C@@H](OC(C)=O)[C@@H]1[C@H]2C[C@H](OC(C)=O)[C@@]2(C)[C@@H](C(C)=O)CC[C@@H]12. The van der Waals surface area contributed by atoms with E-state index in [0.29, 0.717) is 6.42 Å². The Morgan fingerprint density at radius 1 is 0.735 bits per heavy atom. The molecule has 0 radical (unpaired) electrons. The molecule has 4 aliphatic carbocycles. The summed E-state index contributed by atoms with van der Waals surface area (Å²) in [4.78, 5) is 48.7. The molecule has 7 heteroatoms. The number of rotatable bonds is 4. The third kappa shape index (κ3) is 4.07. The van der Waals surface area contributed by atoms with Crippen LogP contribution in [0.1, 0.15) is 86.5 Å². The van der Waals surface area contributed by atoms with Crippen molar-refractivity contribution in [3.05, 3.63) is 0 Å². The number of Topliss-reactive ketones (excluding diaryl/α,β-unsaturated/α-hetero) is 1. The van der Waals surface area contributed by atoms with E-state index in [1.165, 1.54) is 20.8 Å². The summed E-state index contributed by atoms with van der Waals surface area (Å²) in [5.74, 6) is -0.185. The van der Waals surface area contributed by atoms with Gasteiger partial charge in [-0.2, -0.15) is 0 Å². The van der Waals surface area contributed by atoms with E-state index in [4.69, 9.17) is 14.2 Å². The Bertz CT molecular complexity index is 867. The van der Waals surface area contributed by atoms with E-state index in [2.05, 4.69) is 13.8 Å². The van der Waals surface area contributed by atoms with Gasteiger partial charge in [0.15, 0.2) is 0 Å². The van der Waals surface area contributed by atoms with E-state index in [9.17, 15) is 19.2 Å². The van der Waals surface area contributed by atoms with Crippen LogP contribution < -0.4 is 0 Å². The topological polar surface area (TPSA) is 96.0 Å². The molecule has 0 N–H and O–H groups in total. The van der Waals surface area contributed by atoms with Gasteiger partial charge in [0, 0.05) is 38.0 Å². The molecule has 0 unspecified atom stereocenters. The average molecular weight is 477 g/mol. The first-order valence-electron chi connectivity index (χ1n) is 12.9. The zero-order chi connectivity index (χ0) is 25.0. The molecule has 0 heterocycles. The molecule has 10 atom stereocenters. The fourth-order valence-corrected chi connectivity index (χ4v) is 8.82. The third-order valence-corrected chi connectivity index (χ3v) is 10.1. The normalized spacial score (nSPS) is 45.2. The van der Waals surface area contributed by atoms with Gasteiger partial charge >= 0.3 is 17.9 Å². The van der Waals surface area contributed by atoms with Crippen LogP contribution >= 0.6 is 0 Å². The van der Waals surface area contributed by atoms with Gasteiger partial charge in [-0.3, -0.25) is 19.2 Å². The number of fused-ring (bicyclic) bond motifs is 5. The van der Waals surface area contributed by atoms with Gasteiger partial charge in [-0.25, -0.2) is 0 Å². The molecule has 7 nitrogen and oxygen atoms in total. The Morgan fingerprint density at radius 2 is 1.38 bits per heavy atom. The molecule has 0 aliphatic heterocycles. The van der Waals surface area contributed by atoms with Crippen LogP contribution in [0.15, 0.2) is 0 Å². The summed E-state index contributed by atoms with van der Waals surface area (Å²) < 4.78 is 17.6. The summed E-state index contributed by atoms with van der Waals surface area (Å²) in [6.07, 6.45) is 4.84. The van der Waals surface area contributed by atoms with Crippen molar-refractivity contribution in [1.82, 2.24) is 0 Å². The molecule has 190 valence electrons. The molecule has 0 spiro atoms. The Morgan fingerprint density at radius 3 is 1.97 bits per heavy atom. The maximum Gasteiger partial charge on any atom is 0.302 e. The standard InChI is InChI=1S/C27H40O7/c1-14(28)20-7-8-21-25-22(13-24(27(20,21)6)34-17(4)31)26(5)10-9-19(32-15(2)29)11-18(26)12-23(25)33-16(3)30/h18-25H,7-13H2,1-6H3/t18-,19-,20-,21+,22-,23-,24+,25+,26-,27+/m1/s1. The van der Waals surface area contributed by atoms with Crippen molar-refractivity contribution in [3.8, 4) is 0 Å². The number of carbonyl (C=O) groups excluding carboxylic acids is 4. The molecular weight excluding hydrogens is 436 g/mol. The van der Waals surface area contributed by atoms with Gasteiger partial charge in [0.05, 0.1) is 0 Å². The first kappa shape index (κ1) is 25.2. The van der Waals surface area contributed by atoms with Crippen molar-refractivity contribution in [2.75, 3.05) is 0 Å². The fraction of sp³-hybridized carbons (Fsp3) is 0.852. The van der Waals surface area contributed by atoms with Crippen molar-refractivity contribution in [2.24, 2.45) is 40.4 Å². The number of carbonyl (C=O) groups is 4. The number of ether oxygens (including phenoxy) is 3. The summed E-state index contributed by atoms with van der Waals surface area (Å²) in [5.41, 5.74) is -0.499. The van der Waals surface area contributed by atoms with E-state index < -0.39 is 5.41 Å². The minimum absolute atomic E-state index is 0.0357. The number of esters is 3. The lowest BCUT2D eigenvalue weighted by Gasteiger charge is -2.63. The predicted octanol–water partition coefficient (Wildman–Crippen LogP) is 4.25. The van der Waals surface area contributed by atoms with E-state index in [1.54, 1.807) is 6.92 Å². The highest BCUT2D eigenvalue weighted by Gasteiger charge is 2.67. The van der Waals surface area contributed by atoms with Crippen LogP contribution in [0, 0.1) is 40.4 Å². The molecule has 4 rings (SSSR count). The summed E-state index contributed by atoms with van der Waals surface area (Å²) in [6.45, 7) is 10.4. The second-order valence-corrected chi connectivity index (χ2v) is 11.8. The molecule has 0 aromatic heterocycles. The fourth-order valence-electron chi connectivity index (χ4n) is 8.82. The van der Waals surface area contributed by atoms with Crippen LogP contribution in [0.2, 0.25) is 0 Å². The van der Waals surface area contributed by atoms with Crippen molar-refractivity contribution < 1.29 is 33.4 Å². The first-order chi connectivity index (χ1) is 15.9. The molecule has 0 aromatic carbocycles. The first-order valence-corrected chi connectivity index (χ1v) is 12.9. The van der Waals surface area contributed by atoms with Gasteiger partial charge in [-0.05, 0) is 75.0 Å². The summed E-state index contributed by atoms with van der Waals surface area (Å²) in [6, 6.07) is 0. The van der Waals surface area contributed by atoms with Crippen LogP contribution in [0.5, 0.6) is 0 Å². The van der Waals surface area contributed by atoms with Crippen LogP contribution in [-0.4, -0.2) is 42.0 Å². The van der Waals surface area contributed by atoms with Crippen molar-refractivity contribution >= 4 is 23.7 Å². The van der Waals surface area contributed by atoms with Crippen molar-refractivity contribution in [1.29, 1.82) is 0 Å². The lowest BCUT2D eigenvalue weighted by Crippen LogP contribution is -2.63. The van der Waals surface area contributed by atoms with Gasteiger partial charge in [0.1, 0.15) is 24.1 Å². The lowest BCUT2D eigenvalue weighted by atomic mass is 9.43. The maximum atomic E-state index is 12.7. The second kappa shape index (κ2) is 8.94. The van der Waals surface area contributed by atoms with Crippen molar-refractivity contribution in [3.63, 3.8) is 0 Å². The highest BCUT2D eigenvalue weighted by Crippen LogP contribution is 2.68. The highest BCUT2D eigenvalue weighted by atomic mass is 16.6. The Hall–Kier alpha value is -1.92. The smallest absolute Gasteiger partial charge is 0.302 e. The number of ketones is 1. The monoisotopic (exact) mass is 476 g/mol. The largest absolute Gasteiger partial charge is 0.463 e. The van der Waals surface area contributed by atoms with Gasteiger partial charge in [0.2, 0.25) is 0 Å². The van der Waals surface area contributed by atoms with Gasteiger partial charge in [-0.15, -0.1) is 0 Å². The maximum absolute atomic E-state index is 12.7. The summed E-state index contributed by atoms with van der Waals surface area (Å²) in [5, 5.41) is 0. The third-order valence-electron chi connectivity index (χ3n) is 10.1. The quantitative estimate of drug-likeness (QED) is 0.442. The molecule has 4 saturated carbocycles. The van der Waals surface area contributed by atoms with Crippen LogP contribution in [0.4, 0.5) is 0 Å². The minimum atomic E-state index is -0.463. The molecule has 0 amide bonds. The van der Waals surface area contributed by atoms with Crippen LogP contribution in [0.25, 0.3) is 0 Å². The molecule has 0 aromatic rings. The minimum Gasteiger partial charge on any atom is -0.463 e. The lowest BCUT2D eigenvalue weighted by molar-refractivity contribution is -0.222. The van der Waals surface area contributed by atoms with E-state index in [-0.39, 0.29) is 77.0 Å². The van der Waals surface area contributed by atoms with E-state index >= 15 is 0 Å². The molecule has 4 fully saturated rings. The molecule has 0 bridgehead atoms. The Kier molecular flexibility index (Phi) is 6.62. The number of hydrogen-bond donors (Lipinski definition) is 0. The van der Waals surface area contributed by atoms with E-state index in [0.717, 1.165) is 38.5 Å². The zero-order valence-electron chi connectivity index (χ0n) is 21.4. The highest BCUT2D eigenvalue weighted by molar-refractivity contribution is 5.80. The predicted molar refractivity (Wildman–Crippen MR) is 123 cm³/mol. The Labute approximate surface area is 202 Å². The van der Waals surface area contributed by atoms with Crippen LogP contribution in [-0.2, 0) is 33.4 Å². The molecule has 4 aliphatic rings. The summed E-state index contributed by atoms with van der Waals surface area (Å²) >= 11 is 0. The zero-order valence-corrected chi connectivity index (χ0v) is 21.4. The van der Waals surface area contributed by atoms with Gasteiger partial charge in [-0.1, -0.05) is 13.8 Å². The average Bonchev–Trinajstić information content (AvgIpc) is 3.07. The molecule has 34 heavy (non-hydrogen) atoms. The van der Waals surface area contributed by atoms with Crippen LogP contribution in [0.3, 0.4) is 0 Å². The molecular formula is C27H40O7. The van der Waals surface area contributed by atoms with Crippen molar-refractivity contribution in [2.45, 2.75) is 105 Å². The Balaban J connectivity index is 1.74. The molecule has 0 saturated heterocycles. The number of hydrogen-bond acceptors (Lipinski definition) is 7.